The van der Waals surface area contributed by atoms with Gasteiger partial charge in [-0.3, -0.25) is 4.79 Å². The number of aromatic nitrogens is 2. The zero-order valence-electron chi connectivity index (χ0n) is 14.1. The number of nitrogen functional groups attached to an aromatic ring is 1. The smallest absolute Gasteiger partial charge is 0.313 e. The van der Waals surface area contributed by atoms with E-state index in [-0.39, 0.29) is 18.0 Å². The highest BCUT2D eigenvalue weighted by Gasteiger charge is 2.24. The number of amides is 1. The summed E-state index contributed by atoms with van der Waals surface area (Å²) in [6.45, 7) is 1.69. The maximum atomic E-state index is 14.4. The van der Waals surface area contributed by atoms with Crippen LogP contribution in [0, 0.1) is 12.7 Å². The average Bonchev–Trinajstić information content (AvgIpc) is 3.34. The first-order valence-corrected chi connectivity index (χ1v) is 8.32. The van der Waals surface area contributed by atoms with Crippen molar-refractivity contribution in [2.45, 2.75) is 25.8 Å². The zero-order valence-corrected chi connectivity index (χ0v) is 14.1. The van der Waals surface area contributed by atoms with Crippen LogP contribution in [0.25, 0.3) is 22.6 Å². The Morgan fingerprint density at radius 2 is 1.88 bits per heavy atom. The Bertz CT molecular complexity index is 978. The molecule has 1 aliphatic carbocycles. The third-order valence-corrected chi connectivity index (χ3v) is 4.40. The Labute approximate surface area is 149 Å². The monoisotopic (exact) mass is 352 g/mol. The molecule has 1 fully saturated rings. The third kappa shape index (κ3) is 3.15. The number of halogens is 1. The van der Waals surface area contributed by atoms with Crippen LogP contribution in [0.15, 0.2) is 40.8 Å². The molecule has 2 aromatic carbocycles. The highest BCUT2D eigenvalue weighted by Crippen LogP contribution is 2.29. The van der Waals surface area contributed by atoms with Crippen LogP contribution in [0.5, 0.6) is 0 Å². The van der Waals surface area contributed by atoms with E-state index in [1.54, 1.807) is 25.1 Å². The lowest BCUT2D eigenvalue weighted by Crippen LogP contribution is -2.25. The molecule has 0 atom stereocenters. The van der Waals surface area contributed by atoms with Gasteiger partial charge in [0.15, 0.2) is 0 Å². The van der Waals surface area contributed by atoms with Gasteiger partial charge in [0.25, 0.3) is 5.91 Å². The van der Waals surface area contributed by atoms with Gasteiger partial charge in [-0.25, -0.2) is 4.39 Å². The molecule has 6 nitrogen and oxygen atoms in total. The number of carbonyl (C=O) groups excluding carboxylic acids is 1. The Hall–Kier alpha value is -3.22. The van der Waals surface area contributed by atoms with Gasteiger partial charge in [-0.15, -0.1) is 5.10 Å². The summed E-state index contributed by atoms with van der Waals surface area (Å²) in [4.78, 5) is 12.3. The fourth-order valence-electron chi connectivity index (χ4n) is 2.75. The van der Waals surface area contributed by atoms with Crippen LogP contribution in [-0.4, -0.2) is 22.1 Å². The molecule has 1 aromatic heterocycles. The van der Waals surface area contributed by atoms with Gasteiger partial charge in [-0.1, -0.05) is 17.2 Å². The van der Waals surface area contributed by atoms with Gasteiger partial charge in [0.2, 0.25) is 5.89 Å². The van der Waals surface area contributed by atoms with Gasteiger partial charge in [0.05, 0.1) is 0 Å². The van der Waals surface area contributed by atoms with Crippen molar-refractivity contribution < 1.29 is 13.6 Å². The van der Waals surface area contributed by atoms with E-state index in [0.717, 1.165) is 18.4 Å². The van der Waals surface area contributed by atoms with Gasteiger partial charge in [0, 0.05) is 17.2 Å². The van der Waals surface area contributed by atoms with E-state index >= 15 is 0 Å². The molecule has 0 bridgehead atoms. The van der Waals surface area contributed by atoms with Crippen molar-refractivity contribution in [3.8, 4) is 22.6 Å². The van der Waals surface area contributed by atoms with Crippen molar-refractivity contribution in [3.63, 3.8) is 0 Å². The van der Waals surface area contributed by atoms with Crippen LogP contribution in [0.4, 0.5) is 10.4 Å². The molecule has 0 radical (unpaired) electrons. The van der Waals surface area contributed by atoms with E-state index in [4.69, 9.17) is 10.2 Å². The van der Waals surface area contributed by atoms with E-state index in [1.165, 1.54) is 6.07 Å². The normalized spacial score (nSPS) is 13.6. The number of hydrogen-bond acceptors (Lipinski definition) is 5. The summed E-state index contributed by atoms with van der Waals surface area (Å²) in [5.74, 6) is -0.336. The number of hydrogen-bond donors (Lipinski definition) is 2. The molecule has 7 heteroatoms. The number of carbonyl (C=O) groups is 1. The first kappa shape index (κ1) is 16.3. The molecule has 1 amide bonds. The SMILES string of the molecule is Cc1c(F)cc(C(=O)NC2CC2)cc1-c1ccc(-c2nnc(N)o2)cc1. The maximum absolute atomic E-state index is 14.4. The summed E-state index contributed by atoms with van der Waals surface area (Å²) >= 11 is 0. The topological polar surface area (TPSA) is 94.0 Å². The molecule has 1 aliphatic rings. The number of rotatable bonds is 4. The van der Waals surface area contributed by atoms with Crippen molar-refractivity contribution in [2.24, 2.45) is 0 Å². The lowest BCUT2D eigenvalue weighted by atomic mass is 9.96. The summed E-state index contributed by atoms with van der Waals surface area (Å²) in [7, 11) is 0. The quantitative estimate of drug-likeness (QED) is 0.751. The van der Waals surface area contributed by atoms with Crippen molar-refractivity contribution in [1.29, 1.82) is 0 Å². The minimum Gasteiger partial charge on any atom is -0.404 e. The van der Waals surface area contributed by atoms with Gasteiger partial charge in [0.1, 0.15) is 5.82 Å². The molecular weight excluding hydrogens is 335 g/mol. The van der Waals surface area contributed by atoms with Crippen LogP contribution in [0.1, 0.15) is 28.8 Å². The number of anilines is 1. The number of nitrogens with zero attached hydrogens (tertiary/aromatic N) is 2. The second kappa shape index (κ2) is 6.25. The summed E-state index contributed by atoms with van der Waals surface area (Å²) in [5, 5.41) is 10.3. The first-order chi connectivity index (χ1) is 12.5. The van der Waals surface area contributed by atoms with Gasteiger partial charge < -0.3 is 15.5 Å². The predicted octanol–water partition coefficient (Wildman–Crippen LogP) is 3.33. The number of nitrogens with two attached hydrogens (primary N) is 1. The first-order valence-electron chi connectivity index (χ1n) is 8.32. The van der Waals surface area contributed by atoms with Crippen molar-refractivity contribution >= 4 is 11.9 Å². The standard InChI is InChI=1S/C19H17FN4O2/c1-10-15(8-13(9-16(10)20)17(25)22-14-6-7-14)11-2-4-12(5-3-11)18-23-24-19(21)26-18/h2-5,8-9,14H,6-7H2,1H3,(H2,21,24)(H,22,25). The van der Waals surface area contributed by atoms with Crippen LogP contribution in [-0.2, 0) is 0 Å². The second-order valence-electron chi connectivity index (χ2n) is 6.40. The molecule has 3 aromatic rings. The molecule has 0 aliphatic heterocycles. The van der Waals surface area contributed by atoms with Gasteiger partial charge >= 0.3 is 6.01 Å². The Kier molecular flexibility index (Phi) is 3.91. The van der Waals surface area contributed by atoms with Crippen LogP contribution in [0.2, 0.25) is 0 Å². The highest BCUT2D eigenvalue weighted by molar-refractivity contribution is 5.96. The summed E-state index contributed by atoms with van der Waals surface area (Å²) < 4.78 is 19.6. The average molecular weight is 352 g/mol. The Balaban J connectivity index is 1.67. The zero-order chi connectivity index (χ0) is 18.3. The molecule has 1 saturated carbocycles. The molecule has 4 rings (SSSR count). The Morgan fingerprint density at radius 3 is 2.50 bits per heavy atom. The molecule has 0 spiro atoms. The van der Waals surface area contributed by atoms with Crippen molar-refractivity contribution in [1.82, 2.24) is 15.5 Å². The van der Waals surface area contributed by atoms with Gasteiger partial charge in [-0.05, 0) is 60.7 Å². The van der Waals surface area contributed by atoms with Crippen molar-refractivity contribution in [3.05, 3.63) is 53.3 Å². The fourth-order valence-corrected chi connectivity index (χ4v) is 2.75. The van der Waals surface area contributed by atoms with E-state index in [2.05, 4.69) is 15.5 Å². The molecule has 26 heavy (non-hydrogen) atoms. The molecule has 3 N–H and O–H groups in total. The minimum atomic E-state index is -0.405. The molecular formula is C19H17FN4O2. The minimum absolute atomic E-state index is 0.00336. The van der Waals surface area contributed by atoms with Crippen LogP contribution < -0.4 is 11.1 Å². The van der Waals surface area contributed by atoms with Crippen molar-refractivity contribution in [2.75, 3.05) is 5.73 Å². The fraction of sp³-hybridized carbons (Fsp3) is 0.211. The van der Waals surface area contributed by atoms with Crippen LogP contribution in [0.3, 0.4) is 0 Å². The molecule has 1 heterocycles. The number of nitrogens with one attached hydrogen (secondary N) is 1. The summed E-state index contributed by atoms with van der Waals surface area (Å²) in [5.41, 5.74) is 8.42. The lowest BCUT2D eigenvalue weighted by Gasteiger charge is -2.11. The maximum Gasteiger partial charge on any atom is 0.313 e. The lowest BCUT2D eigenvalue weighted by molar-refractivity contribution is 0.0950. The summed E-state index contributed by atoms with van der Waals surface area (Å²) in [6.07, 6.45) is 1.96. The highest BCUT2D eigenvalue weighted by atomic mass is 19.1. The predicted molar refractivity (Wildman–Crippen MR) is 94.8 cm³/mol. The van der Waals surface area contributed by atoms with E-state index in [9.17, 15) is 9.18 Å². The van der Waals surface area contributed by atoms with E-state index < -0.39 is 5.82 Å². The van der Waals surface area contributed by atoms with E-state index in [0.29, 0.717) is 28.1 Å². The summed E-state index contributed by atoms with van der Waals surface area (Å²) in [6, 6.07) is 10.4. The third-order valence-electron chi connectivity index (χ3n) is 4.40. The molecule has 0 saturated heterocycles. The van der Waals surface area contributed by atoms with Crippen LogP contribution >= 0.6 is 0 Å². The van der Waals surface area contributed by atoms with Gasteiger partial charge in [-0.2, -0.15) is 0 Å². The Morgan fingerprint density at radius 1 is 1.19 bits per heavy atom. The largest absolute Gasteiger partial charge is 0.404 e. The van der Waals surface area contributed by atoms with E-state index in [1.807, 2.05) is 12.1 Å². The molecule has 132 valence electrons. The molecule has 0 unspecified atom stereocenters. The number of benzene rings is 2. The second-order valence-corrected chi connectivity index (χ2v) is 6.40.